The summed E-state index contributed by atoms with van der Waals surface area (Å²) in [5, 5.41) is 3.78. The minimum absolute atomic E-state index is 0. The minimum atomic E-state index is -0.685. The Morgan fingerprint density at radius 1 is 1.08 bits per heavy atom. The van der Waals surface area contributed by atoms with E-state index in [-0.39, 0.29) is 29.5 Å². The number of fused-ring (bicyclic) bond motifs is 1. The predicted octanol–water partition coefficient (Wildman–Crippen LogP) is 3.12. The molecular formula is C18H18ClNO4S2. The van der Waals surface area contributed by atoms with Gasteiger partial charge in [-0.15, -0.1) is 12.4 Å². The monoisotopic (exact) mass is 411 g/mol. The van der Waals surface area contributed by atoms with Crippen LogP contribution in [0.3, 0.4) is 0 Å². The molecule has 0 spiro atoms. The van der Waals surface area contributed by atoms with Crippen LogP contribution in [0.2, 0.25) is 0 Å². The highest BCUT2D eigenvalue weighted by atomic mass is 35.5. The number of Topliss-reactive ketones (excluding diaryl/α,β-unsaturated/α-hetero) is 2. The Kier molecular flexibility index (Phi) is 6.47. The van der Waals surface area contributed by atoms with E-state index >= 15 is 0 Å². The quantitative estimate of drug-likeness (QED) is 0.547. The van der Waals surface area contributed by atoms with Gasteiger partial charge in [0.1, 0.15) is 5.75 Å². The molecule has 3 heterocycles. The van der Waals surface area contributed by atoms with E-state index in [0.717, 1.165) is 17.3 Å². The van der Waals surface area contributed by atoms with Crippen LogP contribution in [0.25, 0.3) is 0 Å². The van der Waals surface area contributed by atoms with Crippen LogP contribution in [0.15, 0.2) is 44.9 Å². The molecule has 138 valence electrons. The van der Waals surface area contributed by atoms with E-state index in [9.17, 15) is 9.59 Å². The van der Waals surface area contributed by atoms with Gasteiger partial charge in [0.15, 0.2) is 6.10 Å². The van der Waals surface area contributed by atoms with Gasteiger partial charge in [-0.05, 0) is 22.9 Å². The molecule has 8 heteroatoms. The molecule has 0 aromatic heterocycles. The molecular weight excluding hydrogens is 394 g/mol. The number of carbonyl (C=O) groups excluding carboxylic acids is 2. The summed E-state index contributed by atoms with van der Waals surface area (Å²) >= 11 is 2.84. The van der Waals surface area contributed by atoms with Gasteiger partial charge in [0, 0.05) is 19.6 Å². The molecule has 1 unspecified atom stereocenters. The van der Waals surface area contributed by atoms with Gasteiger partial charge in [-0.25, -0.2) is 0 Å². The summed E-state index contributed by atoms with van der Waals surface area (Å²) in [6, 6.07) is 7.09. The maximum atomic E-state index is 13.2. The molecule has 1 atom stereocenters. The molecule has 3 aliphatic heterocycles. The second-order valence-electron chi connectivity index (χ2n) is 5.88. The number of rotatable bonds is 2. The van der Waals surface area contributed by atoms with Gasteiger partial charge in [0.25, 0.3) is 0 Å². The van der Waals surface area contributed by atoms with Crippen molar-refractivity contribution in [3.63, 3.8) is 0 Å². The molecule has 0 bridgehead atoms. The molecule has 1 saturated heterocycles. The van der Waals surface area contributed by atoms with Crippen LogP contribution in [0.5, 0.6) is 5.75 Å². The van der Waals surface area contributed by atoms with Crippen LogP contribution in [-0.4, -0.2) is 55.4 Å². The van der Waals surface area contributed by atoms with Crippen LogP contribution in [0, 0.1) is 0 Å². The van der Waals surface area contributed by atoms with E-state index in [1.807, 2.05) is 16.9 Å². The highest BCUT2D eigenvalue weighted by Crippen LogP contribution is 2.42. The normalized spacial score (nSPS) is 23.3. The zero-order chi connectivity index (χ0) is 17.2. The SMILES string of the molecule is Cl.O=C1C(=C2SC=CS2)C(=O)C(CN2CCOCC2)Oc2ccccc21. The molecule has 0 aliphatic carbocycles. The maximum Gasteiger partial charge on any atom is 0.210 e. The number of carbonyl (C=O) groups is 2. The molecule has 4 rings (SSSR count). The van der Waals surface area contributed by atoms with Crippen molar-refractivity contribution in [1.29, 1.82) is 0 Å². The molecule has 0 radical (unpaired) electrons. The van der Waals surface area contributed by atoms with Crippen molar-refractivity contribution in [2.45, 2.75) is 6.10 Å². The number of ether oxygens (including phenoxy) is 2. The molecule has 1 fully saturated rings. The van der Waals surface area contributed by atoms with Crippen LogP contribution in [-0.2, 0) is 9.53 Å². The summed E-state index contributed by atoms with van der Waals surface area (Å²) in [6.45, 7) is 3.29. The van der Waals surface area contributed by atoms with Crippen LogP contribution >= 0.6 is 35.9 Å². The molecule has 1 aromatic carbocycles. The molecule has 1 aromatic rings. The van der Waals surface area contributed by atoms with Gasteiger partial charge in [0.2, 0.25) is 11.6 Å². The Bertz CT molecular complexity index is 764. The van der Waals surface area contributed by atoms with Gasteiger partial charge in [-0.1, -0.05) is 35.7 Å². The predicted molar refractivity (Wildman–Crippen MR) is 106 cm³/mol. The Morgan fingerprint density at radius 3 is 2.50 bits per heavy atom. The molecule has 0 N–H and O–H groups in total. The summed E-state index contributed by atoms with van der Waals surface area (Å²) in [5.41, 5.74) is 0.708. The smallest absolute Gasteiger partial charge is 0.210 e. The first kappa shape index (κ1) is 19.5. The third kappa shape index (κ3) is 3.87. The lowest BCUT2D eigenvalue weighted by atomic mass is 9.99. The standard InChI is InChI=1S/C18H17NO4S2.ClH/c20-16-12-3-1-2-4-13(12)23-14(11-19-5-7-22-8-6-19)17(21)15(16)18-24-9-10-25-18;/h1-4,9-10,14H,5-8,11H2;1H. The minimum Gasteiger partial charge on any atom is -0.480 e. The van der Waals surface area contributed by atoms with Crippen LogP contribution < -0.4 is 4.74 Å². The lowest BCUT2D eigenvalue weighted by molar-refractivity contribution is -0.122. The van der Waals surface area contributed by atoms with Gasteiger partial charge in [-0.3, -0.25) is 14.5 Å². The molecule has 0 amide bonds. The highest BCUT2D eigenvalue weighted by Gasteiger charge is 2.38. The number of morpholine rings is 1. The average molecular weight is 412 g/mol. The first-order valence-corrected chi connectivity index (χ1v) is 9.87. The van der Waals surface area contributed by atoms with Gasteiger partial charge in [-0.2, -0.15) is 0 Å². The Morgan fingerprint density at radius 2 is 1.77 bits per heavy atom. The number of hydrogen-bond donors (Lipinski definition) is 0. The van der Waals surface area contributed by atoms with E-state index in [2.05, 4.69) is 4.90 Å². The number of halogens is 1. The fraction of sp³-hybridized carbons (Fsp3) is 0.333. The fourth-order valence-electron chi connectivity index (χ4n) is 3.03. The van der Waals surface area contributed by atoms with Crippen molar-refractivity contribution in [2.24, 2.45) is 0 Å². The Balaban J connectivity index is 0.00000196. The molecule has 5 nitrogen and oxygen atoms in total. The number of thioether (sulfide) groups is 2. The van der Waals surface area contributed by atoms with Crippen LogP contribution in [0.1, 0.15) is 10.4 Å². The average Bonchev–Trinajstić information content (AvgIpc) is 3.13. The zero-order valence-electron chi connectivity index (χ0n) is 13.9. The van der Waals surface area contributed by atoms with Gasteiger partial charge in [0.05, 0.1) is 28.6 Å². The lowest BCUT2D eigenvalue weighted by Gasteiger charge is -2.29. The Labute approximate surface area is 166 Å². The second-order valence-corrected chi connectivity index (χ2v) is 7.97. The topological polar surface area (TPSA) is 55.8 Å². The first-order valence-electron chi connectivity index (χ1n) is 8.11. The van der Waals surface area contributed by atoms with Crippen LogP contribution in [0.4, 0.5) is 0 Å². The van der Waals surface area contributed by atoms with Gasteiger partial charge < -0.3 is 9.47 Å². The fourth-order valence-corrected chi connectivity index (χ4v) is 4.90. The molecule has 3 aliphatic rings. The zero-order valence-corrected chi connectivity index (χ0v) is 16.3. The van der Waals surface area contributed by atoms with Gasteiger partial charge >= 0.3 is 0 Å². The summed E-state index contributed by atoms with van der Waals surface area (Å²) in [5.74, 6) is 0.00540. The third-order valence-corrected chi connectivity index (χ3v) is 6.43. The van der Waals surface area contributed by atoms with Crippen molar-refractivity contribution in [2.75, 3.05) is 32.8 Å². The summed E-state index contributed by atoms with van der Waals surface area (Å²) in [4.78, 5) is 28.3. The second kappa shape index (κ2) is 8.63. The number of benzene rings is 1. The number of para-hydroxylation sites is 1. The van der Waals surface area contributed by atoms with E-state index in [4.69, 9.17) is 9.47 Å². The van der Waals surface area contributed by atoms with E-state index in [0.29, 0.717) is 31.1 Å². The van der Waals surface area contributed by atoms with E-state index in [1.54, 1.807) is 18.2 Å². The highest BCUT2D eigenvalue weighted by molar-refractivity contribution is 8.27. The van der Waals surface area contributed by atoms with Crippen molar-refractivity contribution in [1.82, 2.24) is 4.90 Å². The maximum absolute atomic E-state index is 13.2. The summed E-state index contributed by atoms with van der Waals surface area (Å²) in [7, 11) is 0. The third-order valence-electron chi connectivity index (χ3n) is 4.30. The summed E-state index contributed by atoms with van der Waals surface area (Å²) < 4.78 is 12.1. The number of nitrogens with zero attached hydrogens (tertiary/aromatic N) is 1. The summed E-state index contributed by atoms with van der Waals surface area (Å²) in [6.07, 6.45) is -0.685. The Hall–Kier alpha value is -1.25. The number of ketones is 2. The van der Waals surface area contributed by atoms with E-state index < -0.39 is 6.10 Å². The van der Waals surface area contributed by atoms with Crippen molar-refractivity contribution in [3.05, 3.63) is 50.5 Å². The molecule has 0 saturated carbocycles. The van der Waals surface area contributed by atoms with Crippen molar-refractivity contribution in [3.8, 4) is 5.75 Å². The van der Waals surface area contributed by atoms with E-state index in [1.165, 1.54) is 23.5 Å². The van der Waals surface area contributed by atoms with Crippen molar-refractivity contribution >= 4 is 47.5 Å². The van der Waals surface area contributed by atoms with Crippen molar-refractivity contribution < 1.29 is 19.1 Å². The number of hydrogen-bond acceptors (Lipinski definition) is 7. The molecule has 26 heavy (non-hydrogen) atoms. The lowest BCUT2D eigenvalue weighted by Crippen LogP contribution is -2.45. The largest absolute Gasteiger partial charge is 0.480 e. The first-order chi connectivity index (χ1) is 12.2.